The van der Waals surface area contributed by atoms with Gasteiger partial charge in [-0.05, 0) is 201 Å². The van der Waals surface area contributed by atoms with Crippen molar-refractivity contribution in [3.05, 3.63) is 267 Å². The number of para-hydroxylation sites is 3. The molecule has 0 saturated heterocycles. The zero-order chi connectivity index (χ0) is 64.7. The van der Waals surface area contributed by atoms with Gasteiger partial charge in [-0.3, -0.25) is 0 Å². The van der Waals surface area contributed by atoms with Gasteiger partial charge in [-0.1, -0.05) is 217 Å². The molecule has 0 saturated carbocycles. The number of anilines is 3. The Bertz CT molecular complexity index is 6050. The third kappa shape index (κ3) is 6.83. The van der Waals surface area contributed by atoms with Crippen molar-refractivity contribution in [3.63, 3.8) is 0 Å². The Morgan fingerprint density at radius 3 is 1.37 bits per heavy atom. The highest BCUT2D eigenvalue weighted by Gasteiger charge is 2.50. The summed E-state index contributed by atoms with van der Waals surface area (Å²) in [6, 6.07) is 78.2. The van der Waals surface area contributed by atoms with Crippen LogP contribution < -0.4 is 4.90 Å². The van der Waals surface area contributed by atoms with Crippen molar-refractivity contribution >= 4 is 82.9 Å². The van der Waals surface area contributed by atoms with Gasteiger partial charge < -0.3 is 18.2 Å². The van der Waals surface area contributed by atoms with Gasteiger partial charge in [-0.2, -0.15) is 0 Å². The van der Waals surface area contributed by atoms with E-state index in [-0.39, 0.29) is 21.7 Å². The molecule has 4 nitrogen and oxygen atoms in total. The third-order valence-corrected chi connectivity index (χ3v) is 23.9. The van der Waals surface area contributed by atoms with Crippen LogP contribution >= 0.6 is 0 Å². The van der Waals surface area contributed by atoms with Gasteiger partial charge >= 0.3 is 0 Å². The summed E-state index contributed by atoms with van der Waals surface area (Å²) in [5, 5.41) is 7.09. The lowest BCUT2D eigenvalue weighted by Crippen LogP contribution is -2.24. The van der Waals surface area contributed by atoms with E-state index in [2.05, 4.69) is 301 Å². The number of furan rings is 3. The van der Waals surface area contributed by atoms with Crippen molar-refractivity contribution in [2.75, 3.05) is 4.90 Å². The number of rotatable bonds is 4. The van der Waals surface area contributed by atoms with E-state index in [4.69, 9.17) is 13.3 Å². The van der Waals surface area contributed by atoms with E-state index in [0.29, 0.717) is 0 Å². The highest BCUT2D eigenvalue weighted by atomic mass is 16.3. The van der Waals surface area contributed by atoms with Gasteiger partial charge in [0.2, 0.25) is 0 Å². The average Bonchev–Trinajstić information content (AvgIpc) is 1.52. The number of hydrogen-bond donors (Lipinski definition) is 0. The number of benzene rings is 12. The molecule has 0 radical (unpaired) electrons. The Hall–Kier alpha value is -10.2. The first-order valence-corrected chi connectivity index (χ1v) is 34.1. The molecule has 5 aliphatic carbocycles. The smallest absolute Gasteiger partial charge is 0.144 e. The summed E-state index contributed by atoms with van der Waals surface area (Å²) in [7, 11) is 0. The zero-order valence-corrected chi connectivity index (χ0v) is 56.3. The highest BCUT2D eigenvalue weighted by molar-refractivity contribution is 6.22. The predicted molar refractivity (Wildman–Crippen MR) is 395 cm³/mol. The van der Waals surface area contributed by atoms with E-state index in [0.717, 1.165) is 66.9 Å². The van der Waals surface area contributed by atoms with Crippen LogP contribution in [-0.4, -0.2) is 0 Å². The van der Waals surface area contributed by atoms with Gasteiger partial charge in [0.15, 0.2) is 0 Å². The van der Waals surface area contributed by atoms with Crippen LogP contribution in [0.3, 0.4) is 0 Å². The SMILES string of the molecule is CC(C)(C)c1ccccc1-c1cc2c(c3c1oc1ccccc13)-c1ccc(N(c3ccc4c(c3)C(C)(C)c3cc5c(cc3-4)C(C)(C)c3ccc4oc6ccccc6c4c3-5)c3ccc4c(c3)C(C)(C)c3c5c(c6oc7ccccc7c6c3-4)-c3ccccc3C5(C)C)cc1C2(C)C. The molecule has 15 aromatic rings. The van der Waals surface area contributed by atoms with Gasteiger partial charge in [0, 0.05) is 87.6 Å². The van der Waals surface area contributed by atoms with E-state index in [1.54, 1.807) is 0 Å². The van der Waals surface area contributed by atoms with Crippen molar-refractivity contribution in [2.45, 2.75) is 122 Å². The first kappa shape index (κ1) is 55.3. The van der Waals surface area contributed by atoms with E-state index >= 15 is 0 Å². The summed E-state index contributed by atoms with van der Waals surface area (Å²) in [5.41, 5.74) is 37.3. The predicted octanol–water partition coefficient (Wildman–Crippen LogP) is 25.4. The van der Waals surface area contributed by atoms with Crippen molar-refractivity contribution in [1.82, 2.24) is 0 Å². The van der Waals surface area contributed by atoms with Crippen LogP contribution in [0.4, 0.5) is 17.1 Å². The standard InChI is InChI=1S/C91H73NO3/c1-86(2,3)62-29-19-14-24-51(62)60-46-70-75(79-57-27-17-22-32-72(57)94-84(60)79)54-38-35-49(43-66(54)89(70,8)9)92(48-34-37-52-59-45-69-61(47-68(59)88(6,7)65(52)42-48)76-64(87(69,4)5)40-41-74-77(76)56-26-16-21-31-71(56)93-74)50-36-39-55-67(44-50)91(12,13)82-78(55)80-58-28-18-23-33-73(58)95-85(80)81-53-25-15-20-30-63(53)90(10,11)83(81)82/h14-47H,1-13H3. The van der Waals surface area contributed by atoms with Crippen molar-refractivity contribution < 1.29 is 13.3 Å². The molecule has 0 fully saturated rings. The monoisotopic (exact) mass is 1230 g/mol. The molecule has 0 unspecified atom stereocenters. The zero-order valence-electron chi connectivity index (χ0n) is 56.3. The van der Waals surface area contributed by atoms with E-state index in [1.807, 2.05) is 0 Å². The lowest BCUT2D eigenvalue weighted by atomic mass is 9.72. The molecule has 0 atom stereocenters. The third-order valence-electron chi connectivity index (χ3n) is 23.9. The minimum Gasteiger partial charge on any atom is -0.456 e. The molecule has 95 heavy (non-hydrogen) atoms. The molecular formula is C91H73NO3. The summed E-state index contributed by atoms with van der Waals surface area (Å²) >= 11 is 0. The fourth-order valence-electron chi connectivity index (χ4n) is 19.3. The van der Waals surface area contributed by atoms with Crippen LogP contribution in [0.2, 0.25) is 0 Å². The molecule has 3 heterocycles. The average molecular weight is 1230 g/mol. The number of nitrogens with zero attached hydrogens (tertiary/aromatic N) is 1. The molecule has 0 aliphatic heterocycles. The molecule has 460 valence electrons. The lowest BCUT2D eigenvalue weighted by molar-refractivity contribution is 0.591. The molecular weight excluding hydrogens is 1160 g/mol. The first-order chi connectivity index (χ1) is 45.5. The number of fused-ring (bicyclic) bond motifs is 29. The molecule has 0 N–H and O–H groups in total. The molecule has 0 spiro atoms. The maximum Gasteiger partial charge on any atom is 0.144 e. The van der Waals surface area contributed by atoms with Gasteiger partial charge in [-0.25, -0.2) is 0 Å². The Labute approximate surface area is 554 Å². The number of hydrogen-bond acceptors (Lipinski definition) is 4. The minimum absolute atomic E-state index is 0.0924. The minimum atomic E-state index is -0.394. The quantitative estimate of drug-likeness (QED) is 0.176. The Kier molecular flexibility index (Phi) is 10.4. The fraction of sp³-hybridized carbons (Fsp3) is 0.209. The summed E-state index contributed by atoms with van der Waals surface area (Å²) in [5.74, 6) is 0. The van der Waals surface area contributed by atoms with Crippen LogP contribution in [0.25, 0.3) is 133 Å². The maximum absolute atomic E-state index is 7.13. The van der Waals surface area contributed by atoms with Crippen LogP contribution in [0, 0.1) is 0 Å². The molecule has 3 aromatic heterocycles. The van der Waals surface area contributed by atoms with Gasteiger partial charge in [0.1, 0.15) is 33.5 Å². The second-order valence-corrected chi connectivity index (χ2v) is 31.8. The van der Waals surface area contributed by atoms with Crippen molar-refractivity contribution in [2.24, 2.45) is 0 Å². The van der Waals surface area contributed by atoms with Gasteiger partial charge in [-0.15, -0.1) is 0 Å². The Morgan fingerprint density at radius 1 is 0.274 bits per heavy atom. The summed E-state index contributed by atoms with van der Waals surface area (Å²) in [6.45, 7) is 31.4. The van der Waals surface area contributed by atoms with E-state index in [1.165, 1.54) is 144 Å². The molecule has 4 heteroatoms. The summed E-state index contributed by atoms with van der Waals surface area (Å²) in [4.78, 5) is 2.58. The second kappa shape index (κ2) is 17.8. The van der Waals surface area contributed by atoms with Gasteiger partial charge in [0.05, 0.1) is 0 Å². The molecule has 5 aliphatic rings. The Balaban J connectivity index is 0.807. The summed E-state index contributed by atoms with van der Waals surface area (Å²) < 4.78 is 20.8. The van der Waals surface area contributed by atoms with Crippen molar-refractivity contribution in [3.8, 4) is 66.8 Å². The molecule has 0 amide bonds. The highest BCUT2D eigenvalue weighted by Crippen LogP contribution is 2.66. The Morgan fingerprint density at radius 2 is 0.705 bits per heavy atom. The van der Waals surface area contributed by atoms with Crippen molar-refractivity contribution in [1.29, 1.82) is 0 Å². The maximum atomic E-state index is 7.13. The molecule has 0 bridgehead atoms. The van der Waals surface area contributed by atoms with Crippen LogP contribution in [0.15, 0.2) is 220 Å². The topological polar surface area (TPSA) is 42.7 Å². The van der Waals surface area contributed by atoms with E-state index in [9.17, 15) is 0 Å². The molecule has 20 rings (SSSR count). The van der Waals surface area contributed by atoms with Crippen LogP contribution in [-0.2, 0) is 32.5 Å². The second-order valence-electron chi connectivity index (χ2n) is 31.8. The van der Waals surface area contributed by atoms with Gasteiger partial charge in [0.25, 0.3) is 0 Å². The summed E-state index contributed by atoms with van der Waals surface area (Å²) in [6.07, 6.45) is 0. The first-order valence-electron chi connectivity index (χ1n) is 34.1. The largest absolute Gasteiger partial charge is 0.456 e. The normalized spacial score (nSPS) is 16.5. The van der Waals surface area contributed by atoms with Crippen LogP contribution in [0.5, 0.6) is 0 Å². The fourth-order valence-corrected chi connectivity index (χ4v) is 19.3. The lowest BCUT2D eigenvalue weighted by Gasteiger charge is -2.32. The molecule has 12 aromatic carbocycles. The van der Waals surface area contributed by atoms with Crippen LogP contribution in [0.1, 0.15) is 151 Å². The van der Waals surface area contributed by atoms with E-state index < -0.39 is 10.8 Å².